The normalized spacial score (nSPS) is 16.7. The summed E-state index contributed by atoms with van der Waals surface area (Å²) in [6.07, 6.45) is 0. The van der Waals surface area contributed by atoms with Gasteiger partial charge in [-0.15, -0.1) is 0 Å². The molecule has 2 aliphatic rings. The van der Waals surface area contributed by atoms with Crippen LogP contribution in [0, 0.1) is 13.8 Å². The Hall–Kier alpha value is -2.90. The van der Waals surface area contributed by atoms with Crippen LogP contribution in [-0.2, 0) is 9.53 Å². The van der Waals surface area contributed by atoms with Crippen molar-refractivity contribution in [2.45, 2.75) is 13.8 Å². The maximum absolute atomic E-state index is 12.7. The monoisotopic (exact) mass is 409 g/mol. The number of morpholine rings is 1. The van der Waals surface area contributed by atoms with E-state index < -0.39 is 0 Å². The number of anilines is 2. The summed E-state index contributed by atoms with van der Waals surface area (Å²) in [5.74, 6) is 0.398. The van der Waals surface area contributed by atoms with Gasteiger partial charge in [-0.1, -0.05) is 6.07 Å². The molecule has 2 aromatic rings. The van der Waals surface area contributed by atoms with Crippen molar-refractivity contribution in [2.24, 2.45) is 0 Å². The summed E-state index contributed by atoms with van der Waals surface area (Å²) in [6.45, 7) is 8.57. The fourth-order valence-electron chi connectivity index (χ4n) is 3.68. The summed E-state index contributed by atoms with van der Waals surface area (Å²) in [5, 5.41) is 2.94. The minimum atomic E-state index is -0.180. The summed E-state index contributed by atoms with van der Waals surface area (Å²) < 4.78 is 11.0. The van der Waals surface area contributed by atoms with E-state index in [1.807, 2.05) is 38.1 Å². The predicted octanol–water partition coefficient (Wildman–Crippen LogP) is 2.61. The van der Waals surface area contributed by atoms with Crippen LogP contribution in [0.15, 0.2) is 36.4 Å². The molecule has 2 amide bonds. The van der Waals surface area contributed by atoms with Crippen LogP contribution in [0.2, 0.25) is 0 Å². The van der Waals surface area contributed by atoms with Gasteiger partial charge in [0.05, 0.1) is 18.9 Å². The Morgan fingerprint density at radius 1 is 1.03 bits per heavy atom. The molecule has 1 fully saturated rings. The molecule has 2 heterocycles. The van der Waals surface area contributed by atoms with Gasteiger partial charge in [0, 0.05) is 37.4 Å². The zero-order valence-corrected chi connectivity index (χ0v) is 17.4. The first-order valence-corrected chi connectivity index (χ1v) is 10.3. The summed E-state index contributed by atoms with van der Waals surface area (Å²) in [4.78, 5) is 29.2. The van der Waals surface area contributed by atoms with E-state index in [0.29, 0.717) is 29.2 Å². The van der Waals surface area contributed by atoms with Crippen LogP contribution in [0.25, 0.3) is 0 Å². The maximum atomic E-state index is 12.7. The van der Waals surface area contributed by atoms with Gasteiger partial charge in [-0.25, -0.2) is 0 Å². The third kappa shape index (κ3) is 4.47. The fourth-order valence-corrected chi connectivity index (χ4v) is 3.68. The van der Waals surface area contributed by atoms with Crippen molar-refractivity contribution in [3.8, 4) is 5.75 Å². The minimum absolute atomic E-state index is 0.0322. The zero-order chi connectivity index (χ0) is 21.1. The van der Waals surface area contributed by atoms with Crippen LogP contribution in [0.3, 0.4) is 0 Å². The Morgan fingerprint density at radius 3 is 2.60 bits per heavy atom. The first-order valence-electron chi connectivity index (χ1n) is 10.3. The van der Waals surface area contributed by atoms with E-state index in [2.05, 4.69) is 10.2 Å². The smallest absolute Gasteiger partial charge is 0.265 e. The third-order valence-electron chi connectivity index (χ3n) is 5.67. The van der Waals surface area contributed by atoms with Gasteiger partial charge in [-0.05, 0) is 55.3 Å². The van der Waals surface area contributed by atoms with Crippen LogP contribution >= 0.6 is 0 Å². The summed E-state index contributed by atoms with van der Waals surface area (Å²) in [5.41, 5.74) is 4.14. The van der Waals surface area contributed by atoms with Gasteiger partial charge < -0.3 is 19.7 Å². The van der Waals surface area contributed by atoms with Crippen LogP contribution in [-0.4, -0.2) is 62.7 Å². The highest BCUT2D eigenvalue weighted by Gasteiger charge is 2.26. The second kappa shape index (κ2) is 8.85. The molecular formula is C23H27N3O4. The van der Waals surface area contributed by atoms with E-state index in [1.165, 1.54) is 0 Å². The van der Waals surface area contributed by atoms with Crippen LogP contribution in [0.5, 0.6) is 5.75 Å². The Morgan fingerprint density at radius 2 is 1.83 bits per heavy atom. The van der Waals surface area contributed by atoms with Crippen LogP contribution < -0.4 is 15.0 Å². The van der Waals surface area contributed by atoms with Crippen LogP contribution in [0.4, 0.5) is 11.4 Å². The molecule has 1 N–H and O–H groups in total. The number of carbonyl (C=O) groups excluding carboxylic acids is 2. The standard InChI is InChI=1S/C23H27N3O4/c1-16-3-4-18(13-17(16)2)23(28)24-19-5-6-21-20(14-19)26(22(27)15-30-21)8-7-25-9-11-29-12-10-25/h3-6,13-14H,7-12,15H2,1-2H3,(H,24,28). The van der Waals surface area contributed by atoms with Crippen molar-refractivity contribution >= 4 is 23.2 Å². The SMILES string of the molecule is Cc1ccc(C(=O)Nc2ccc3c(c2)N(CCN2CCOCC2)C(=O)CO3)cc1C. The first-order chi connectivity index (χ1) is 14.5. The van der Waals surface area contributed by atoms with Crippen molar-refractivity contribution in [1.29, 1.82) is 0 Å². The minimum Gasteiger partial charge on any atom is -0.482 e. The number of hydrogen-bond acceptors (Lipinski definition) is 5. The molecule has 0 spiro atoms. The quantitative estimate of drug-likeness (QED) is 0.822. The van der Waals surface area contributed by atoms with Crippen molar-refractivity contribution in [1.82, 2.24) is 4.90 Å². The zero-order valence-electron chi connectivity index (χ0n) is 17.4. The highest BCUT2D eigenvalue weighted by molar-refractivity contribution is 6.05. The lowest BCUT2D eigenvalue weighted by Crippen LogP contribution is -2.45. The number of fused-ring (bicyclic) bond motifs is 1. The molecule has 0 atom stereocenters. The van der Waals surface area contributed by atoms with Crippen molar-refractivity contribution in [3.63, 3.8) is 0 Å². The molecular weight excluding hydrogens is 382 g/mol. The van der Waals surface area contributed by atoms with Crippen molar-refractivity contribution < 1.29 is 19.1 Å². The maximum Gasteiger partial charge on any atom is 0.265 e. The molecule has 2 aliphatic heterocycles. The van der Waals surface area contributed by atoms with Gasteiger partial charge in [-0.2, -0.15) is 0 Å². The Bertz CT molecular complexity index is 953. The lowest BCUT2D eigenvalue weighted by molar-refractivity contribution is -0.121. The molecule has 0 radical (unpaired) electrons. The van der Waals surface area contributed by atoms with Gasteiger partial charge in [0.2, 0.25) is 0 Å². The average Bonchev–Trinajstić information content (AvgIpc) is 2.75. The van der Waals surface area contributed by atoms with E-state index in [9.17, 15) is 9.59 Å². The second-order valence-corrected chi connectivity index (χ2v) is 7.72. The topological polar surface area (TPSA) is 71.1 Å². The number of rotatable bonds is 5. The van der Waals surface area contributed by atoms with Gasteiger partial charge >= 0.3 is 0 Å². The molecule has 0 aliphatic carbocycles. The molecule has 7 nitrogen and oxygen atoms in total. The summed E-state index contributed by atoms with van der Waals surface area (Å²) >= 11 is 0. The number of hydrogen-bond donors (Lipinski definition) is 1. The number of aryl methyl sites for hydroxylation is 2. The number of ether oxygens (including phenoxy) is 2. The van der Waals surface area contributed by atoms with E-state index in [1.54, 1.807) is 17.0 Å². The van der Waals surface area contributed by atoms with Gasteiger partial charge in [-0.3, -0.25) is 14.5 Å². The molecule has 0 unspecified atom stereocenters. The number of amides is 2. The molecule has 0 bridgehead atoms. The fraction of sp³-hybridized carbons (Fsp3) is 0.391. The number of carbonyl (C=O) groups is 2. The third-order valence-corrected chi connectivity index (χ3v) is 5.67. The van der Waals surface area contributed by atoms with Gasteiger partial charge in [0.15, 0.2) is 6.61 Å². The lowest BCUT2D eigenvalue weighted by atomic mass is 10.1. The highest BCUT2D eigenvalue weighted by Crippen LogP contribution is 2.34. The van der Waals surface area contributed by atoms with Gasteiger partial charge in [0.1, 0.15) is 5.75 Å². The molecule has 158 valence electrons. The molecule has 30 heavy (non-hydrogen) atoms. The number of benzene rings is 2. The Balaban J connectivity index is 1.50. The predicted molar refractivity (Wildman–Crippen MR) is 115 cm³/mol. The van der Waals surface area contributed by atoms with E-state index in [-0.39, 0.29) is 18.4 Å². The molecule has 0 aromatic heterocycles. The highest BCUT2D eigenvalue weighted by atomic mass is 16.5. The van der Waals surface area contributed by atoms with Crippen LogP contribution in [0.1, 0.15) is 21.5 Å². The molecule has 7 heteroatoms. The molecule has 4 rings (SSSR count). The summed E-state index contributed by atoms with van der Waals surface area (Å²) in [6, 6.07) is 11.1. The van der Waals surface area contributed by atoms with Crippen molar-refractivity contribution in [3.05, 3.63) is 53.1 Å². The van der Waals surface area contributed by atoms with E-state index >= 15 is 0 Å². The van der Waals surface area contributed by atoms with E-state index in [4.69, 9.17) is 9.47 Å². The molecule has 1 saturated heterocycles. The first kappa shape index (κ1) is 20.4. The van der Waals surface area contributed by atoms with Crippen molar-refractivity contribution in [2.75, 3.05) is 56.2 Å². The summed E-state index contributed by atoms with van der Waals surface area (Å²) in [7, 11) is 0. The van der Waals surface area contributed by atoms with E-state index in [0.717, 1.165) is 44.0 Å². The lowest BCUT2D eigenvalue weighted by Gasteiger charge is -2.33. The number of nitrogens with zero attached hydrogens (tertiary/aromatic N) is 2. The number of nitrogens with one attached hydrogen (secondary N) is 1. The molecule has 0 saturated carbocycles. The Labute approximate surface area is 176 Å². The Kier molecular flexibility index (Phi) is 6.01. The largest absolute Gasteiger partial charge is 0.482 e. The van der Waals surface area contributed by atoms with Gasteiger partial charge in [0.25, 0.3) is 11.8 Å². The average molecular weight is 409 g/mol. The molecule has 2 aromatic carbocycles. The second-order valence-electron chi connectivity index (χ2n) is 7.72.